The first-order valence-corrected chi connectivity index (χ1v) is 7.20. The molecule has 1 heterocycles. The average molecular weight is 241 g/mol. The molecule has 96 valence electrons. The number of hydrogen-bond donors (Lipinski definition) is 1. The van der Waals surface area contributed by atoms with Crippen molar-refractivity contribution < 1.29 is 0 Å². The second-order valence-corrected chi connectivity index (χ2v) is 6.14. The minimum atomic E-state index is 0.152. The predicted octanol–water partition coefficient (Wildman–Crippen LogP) is 4.65. The second-order valence-electron chi connectivity index (χ2n) is 6.14. The minimum Gasteiger partial charge on any atom is -0.378 e. The van der Waals surface area contributed by atoms with Crippen LogP contribution < -0.4 is 5.32 Å². The first-order valence-electron chi connectivity index (χ1n) is 7.20. The smallest absolute Gasteiger partial charge is 0.0477 e. The van der Waals surface area contributed by atoms with Crippen molar-refractivity contribution in [2.75, 3.05) is 5.32 Å². The first-order chi connectivity index (χ1) is 8.72. The molecule has 1 aliphatic heterocycles. The summed E-state index contributed by atoms with van der Waals surface area (Å²) in [4.78, 5) is 0. The molecule has 1 saturated carbocycles. The lowest BCUT2D eigenvalue weighted by Gasteiger charge is -2.46. The summed E-state index contributed by atoms with van der Waals surface area (Å²) in [6, 6.07) is 8.90. The van der Waals surface area contributed by atoms with Crippen molar-refractivity contribution in [2.24, 2.45) is 0 Å². The highest BCUT2D eigenvalue weighted by atomic mass is 15.0. The summed E-state index contributed by atoms with van der Waals surface area (Å²) in [5.41, 5.74) is 3.38. The van der Waals surface area contributed by atoms with Crippen LogP contribution in [0.5, 0.6) is 0 Å². The Morgan fingerprint density at radius 2 is 1.94 bits per heavy atom. The van der Waals surface area contributed by atoms with E-state index in [1.165, 1.54) is 37.8 Å². The van der Waals surface area contributed by atoms with Crippen LogP contribution in [0.1, 0.15) is 51.0 Å². The maximum Gasteiger partial charge on any atom is 0.0477 e. The van der Waals surface area contributed by atoms with Crippen molar-refractivity contribution >= 4 is 5.69 Å². The lowest BCUT2D eigenvalue weighted by atomic mass is 9.60. The van der Waals surface area contributed by atoms with Crippen LogP contribution in [0.25, 0.3) is 0 Å². The quantitative estimate of drug-likeness (QED) is 0.743. The van der Waals surface area contributed by atoms with Crippen LogP contribution in [0.4, 0.5) is 5.69 Å². The predicted molar refractivity (Wildman–Crippen MR) is 78.0 cm³/mol. The van der Waals surface area contributed by atoms with Crippen LogP contribution in [0.15, 0.2) is 36.9 Å². The molecular formula is C17H23N. The molecule has 18 heavy (non-hydrogen) atoms. The molecule has 1 aromatic rings. The fraction of sp³-hybridized carbons (Fsp3) is 0.529. The summed E-state index contributed by atoms with van der Waals surface area (Å²) in [6.45, 7) is 6.36. The molecule has 1 spiro atoms. The summed E-state index contributed by atoms with van der Waals surface area (Å²) in [5, 5.41) is 3.80. The van der Waals surface area contributed by atoms with Gasteiger partial charge in [0.1, 0.15) is 0 Å². The zero-order valence-electron chi connectivity index (χ0n) is 11.3. The van der Waals surface area contributed by atoms with E-state index in [4.69, 9.17) is 0 Å². The van der Waals surface area contributed by atoms with Gasteiger partial charge in [-0.1, -0.05) is 43.5 Å². The highest BCUT2D eigenvalue weighted by Crippen LogP contribution is 2.56. The average Bonchev–Trinajstić information content (AvgIpc) is 2.61. The van der Waals surface area contributed by atoms with Crippen molar-refractivity contribution in [3.63, 3.8) is 0 Å². The van der Waals surface area contributed by atoms with Gasteiger partial charge in [0, 0.05) is 16.6 Å². The molecule has 1 N–H and O–H groups in total. The fourth-order valence-corrected chi connectivity index (χ4v) is 4.24. The van der Waals surface area contributed by atoms with Gasteiger partial charge in [0.05, 0.1) is 0 Å². The standard InChI is InChI=1S/C17H23N/c1-3-11-16(2)17(12-7-4-8-13-17)14-9-5-6-10-15(14)18-16/h3,5-6,9-10,18H,1,4,7-8,11-13H2,2H3. The molecule has 1 fully saturated rings. The van der Waals surface area contributed by atoms with Gasteiger partial charge < -0.3 is 5.32 Å². The minimum absolute atomic E-state index is 0.152. The largest absolute Gasteiger partial charge is 0.378 e. The van der Waals surface area contributed by atoms with Crippen molar-refractivity contribution in [3.05, 3.63) is 42.5 Å². The maximum atomic E-state index is 3.97. The van der Waals surface area contributed by atoms with E-state index < -0.39 is 0 Å². The Bertz CT molecular complexity index is 456. The lowest BCUT2D eigenvalue weighted by Crippen LogP contribution is -2.50. The SMILES string of the molecule is C=CCC1(C)Nc2ccccc2C12CCCCC2. The third-order valence-electron chi connectivity index (χ3n) is 5.17. The van der Waals surface area contributed by atoms with Crippen LogP contribution in [0, 0.1) is 0 Å². The van der Waals surface area contributed by atoms with E-state index in [1.807, 2.05) is 0 Å². The molecule has 0 aromatic heterocycles. The van der Waals surface area contributed by atoms with Gasteiger partial charge in [-0.05, 0) is 37.8 Å². The van der Waals surface area contributed by atoms with Crippen molar-refractivity contribution in [1.82, 2.24) is 0 Å². The Morgan fingerprint density at radius 1 is 1.22 bits per heavy atom. The van der Waals surface area contributed by atoms with E-state index in [-0.39, 0.29) is 5.54 Å². The number of hydrogen-bond acceptors (Lipinski definition) is 1. The van der Waals surface area contributed by atoms with Gasteiger partial charge in [-0.2, -0.15) is 0 Å². The molecule has 0 bridgehead atoms. The maximum absolute atomic E-state index is 3.97. The molecule has 3 rings (SSSR count). The Balaban J connectivity index is 2.11. The Hall–Kier alpha value is -1.24. The van der Waals surface area contributed by atoms with Gasteiger partial charge in [0.25, 0.3) is 0 Å². The number of fused-ring (bicyclic) bond motifs is 2. The van der Waals surface area contributed by atoms with Gasteiger partial charge >= 0.3 is 0 Å². The van der Waals surface area contributed by atoms with Gasteiger partial charge in [0.2, 0.25) is 0 Å². The molecule has 1 atom stereocenters. The monoisotopic (exact) mass is 241 g/mol. The molecule has 1 heteroatoms. The Labute approximate surface area is 110 Å². The molecular weight excluding hydrogens is 218 g/mol. The molecule has 1 nitrogen and oxygen atoms in total. The van der Waals surface area contributed by atoms with E-state index in [0.29, 0.717) is 5.41 Å². The third-order valence-corrected chi connectivity index (χ3v) is 5.17. The van der Waals surface area contributed by atoms with Gasteiger partial charge in [0.15, 0.2) is 0 Å². The van der Waals surface area contributed by atoms with E-state index in [1.54, 1.807) is 5.56 Å². The Morgan fingerprint density at radius 3 is 2.67 bits per heavy atom. The fourth-order valence-electron chi connectivity index (χ4n) is 4.24. The number of rotatable bonds is 2. The topological polar surface area (TPSA) is 12.0 Å². The summed E-state index contributed by atoms with van der Waals surface area (Å²) in [7, 11) is 0. The lowest BCUT2D eigenvalue weighted by molar-refractivity contribution is 0.201. The van der Waals surface area contributed by atoms with Crippen molar-refractivity contribution in [1.29, 1.82) is 0 Å². The van der Waals surface area contributed by atoms with Gasteiger partial charge in [-0.25, -0.2) is 0 Å². The van der Waals surface area contributed by atoms with E-state index >= 15 is 0 Å². The Kier molecular flexibility index (Phi) is 2.73. The van der Waals surface area contributed by atoms with E-state index in [2.05, 4.69) is 49.2 Å². The van der Waals surface area contributed by atoms with Crippen molar-refractivity contribution in [2.45, 2.75) is 56.4 Å². The van der Waals surface area contributed by atoms with E-state index in [0.717, 1.165) is 6.42 Å². The van der Waals surface area contributed by atoms with Crippen molar-refractivity contribution in [3.8, 4) is 0 Å². The number of anilines is 1. The van der Waals surface area contributed by atoms with Crippen LogP contribution in [-0.2, 0) is 5.41 Å². The number of para-hydroxylation sites is 1. The zero-order chi connectivity index (χ0) is 12.6. The number of nitrogens with one attached hydrogen (secondary N) is 1. The molecule has 0 radical (unpaired) electrons. The molecule has 0 amide bonds. The normalized spacial score (nSPS) is 28.7. The zero-order valence-corrected chi connectivity index (χ0v) is 11.3. The molecule has 1 unspecified atom stereocenters. The summed E-state index contributed by atoms with van der Waals surface area (Å²) in [6.07, 6.45) is 9.89. The summed E-state index contributed by atoms with van der Waals surface area (Å²) in [5.74, 6) is 0. The highest BCUT2D eigenvalue weighted by molar-refractivity contribution is 5.64. The number of benzene rings is 1. The molecule has 2 aliphatic rings. The van der Waals surface area contributed by atoms with Gasteiger partial charge in [-0.15, -0.1) is 6.58 Å². The van der Waals surface area contributed by atoms with E-state index in [9.17, 15) is 0 Å². The summed E-state index contributed by atoms with van der Waals surface area (Å²) < 4.78 is 0. The van der Waals surface area contributed by atoms with Gasteiger partial charge in [-0.3, -0.25) is 0 Å². The highest BCUT2D eigenvalue weighted by Gasteiger charge is 2.53. The van der Waals surface area contributed by atoms with Crippen LogP contribution in [0.2, 0.25) is 0 Å². The first kappa shape index (κ1) is 11.8. The van der Waals surface area contributed by atoms with Crippen LogP contribution in [0.3, 0.4) is 0 Å². The molecule has 1 aliphatic carbocycles. The second kappa shape index (κ2) is 4.15. The molecule has 1 aromatic carbocycles. The van der Waals surface area contributed by atoms with Crippen LogP contribution in [-0.4, -0.2) is 5.54 Å². The third kappa shape index (κ3) is 1.46. The van der Waals surface area contributed by atoms with Crippen LogP contribution >= 0.6 is 0 Å². The summed E-state index contributed by atoms with van der Waals surface area (Å²) >= 11 is 0. The molecule has 0 saturated heterocycles.